The Bertz CT molecular complexity index is 688. The first-order valence-electron chi connectivity index (χ1n) is 6.80. The van der Waals surface area contributed by atoms with Crippen LogP contribution in [0.25, 0.3) is 0 Å². The summed E-state index contributed by atoms with van der Waals surface area (Å²) in [7, 11) is -3.03. The summed E-state index contributed by atoms with van der Waals surface area (Å²) in [4.78, 5) is 20.8. The molecule has 0 fully saturated rings. The van der Waals surface area contributed by atoms with Gasteiger partial charge in [-0.25, -0.2) is 8.42 Å². The van der Waals surface area contributed by atoms with E-state index in [1.54, 1.807) is 0 Å². The number of aliphatic carboxylic acids is 1. The number of ether oxygens (including phenoxy) is 1. The summed E-state index contributed by atoms with van der Waals surface area (Å²) in [6.45, 7) is 1.85. The van der Waals surface area contributed by atoms with Crippen LogP contribution in [0.15, 0.2) is 23.1 Å². The minimum atomic E-state index is -4.20. The summed E-state index contributed by atoms with van der Waals surface area (Å²) >= 11 is 0. The minimum Gasteiger partial charge on any atom is -0.495 e. The zero-order chi connectivity index (χ0) is 17.6. The Labute approximate surface area is 133 Å². The van der Waals surface area contributed by atoms with Crippen LogP contribution in [0.2, 0.25) is 0 Å². The second-order valence-corrected chi connectivity index (χ2v) is 6.43. The number of sulfonamides is 1. The fraction of sp³-hybridized carbons (Fsp3) is 0.462. The lowest BCUT2D eigenvalue weighted by Gasteiger charge is -2.16. The van der Waals surface area contributed by atoms with Crippen LogP contribution in [-0.4, -0.2) is 37.6 Å². The van der Waals surface area contributed by atoms with Gasteiger partial charge in [-0.3, -0.25) is 14.9 Å². The van der Waals surface area contributed by atoms with Crippen molar-refractivity contribution >= 4 is 21.7 Å². The third kappa shape index (κ3) is 4.89. The topological polar surface area (TPSA) is 136 Å². The molecule has 0 amide bonds. The van der Waals surface area contributed by atoms with Gasteiger partial charge >= 0.3 is 5.97 Å². The van der Waals surface area contributed by atoms with Crippen molar-refractivity contribution < 1.29 is 28.0 Å². The lowest BCUT2D eigenvalue weighted by Crippen LogP contribution is -2.40. The number of carboxylic acids is 1. The first kappa shape index (κ1) is 18.8. The number of nitrogens with one attached hydrogen (secondary N) is 1. The highest BCUT2D eigenvalue weighted by atomic mass is 32.2. The number of nitro groups is 1. The zero-order valence-corrected chi connectivity index (χ0v) is 13.5. The molecule has 0 aliphatic heterocycles. The number of carbonyl (C=O) groups is 1. The Morgan fingerprint density at radius 2 is 2.13 bits per heavy atom. The highest BCUT2D eigenvalue weighted by Gasteiger charge is 2.28. The average Bonchev–Trinajstić information content (AvgIpc) is 2.50. The average molecular weight is 346 g/mol. The summed E-state index contributed by atoms with van der Waals surface area (Å²) in [5.41, 5.74) is -0.332. The molecule has 10 heteroatoms. The van der Waals surface area contributed by atoms with Crippen LogP contribution in [0.5, 0.6) is 5.75 Å². The number of methoxy groups -OCH3 is 1. The van der Waals surface area contributed by atoms with Crippen LogP contribution in [0.1, 0.15) is 26.2 Å². The van der Waals surface area contributed by atoms with Gasteiger partial charge in [0.1, 0.15) is 16.7 Å². The molecule has 2 N–H and O–H groups in total. The van der Waals surface area contributed by atoms with E-state index < -0.39 is 27.0 Å². The van der Waals surface area contributed by atoms with Gasteiger partial charge in [-0.15, -0.1) is 0 Å². The van der Waals surface area contributed by atoms with E-state index in [2.05, 4.69) is 4.72 Å². The Morgan fingerprint density at radius 3 is 2.61 bits per heavy atom. The molecule has 0 aliphatic carbocycles. The third-order valence-corrected chi connectivity index (χ3v) is 4.60. The predicted octanol–water partition coefficient (Wildman–Crippen LogP) is 1.53. The van der Waals surface area contributed by atoms with E-state index in [9.17, 15) is 23.3 Å². The minimum absolute atomic E-state index is 0.139. The number of benzene rings is 1. The molecule has 0 saturated carbocycles. The van der Waals surface area contributed by atoms with Crippen molar-refractivity contribution in [2.45, 2.75) is 37.1 Å². The van der Waals surface area contributed by atoms with Crippen LogP contribution < -0.4 is 9.46 Å². The van der Waals surface area contributed by atoms with Gasteiger partial charge in [0, 0.05) is 6.07 Å². The van der Waals surface area contributed by atoms with Crippen molar-refractivity contribution in [2.24, 2.45) is 0 Å². The molecule has 0 heterocycles. The van der Waals surface area contributed by atoms with E-state index in [4.69, 9.17) is 9.84 Å². The fourth-order valence-electron chi connectivity index (χ4n) is 1.88. The maximum absolute atomic E-state index is 12.3. The van der Waals surface area contributed by atoms with E-state index in [1.165, 1.54) is 7.11 Å². The second kappa shape index (κ2) is 7.88. The van der Waals surface area contributed by atoms with E-state index in [-0.39, 0.29) is 22.8 Å². The molecule has 0 radical (unpaired) electrons. The molecule has 23 heavy (non-hydrogen) atoms. The zero-order valence-electron chi connectivity index (χ0n) is 12.7. The molecule has 1 unspecified atom stereocenters. The largest absolute Gasteiger partial charge is 0.495 e. The smallest absolute Gasteiger partial charge is 0.321 e. The van der Waals surface area contributed by atoms with Gasteiger partial charge in [-0.1, -0.05) is 19.8 Å². The number of nitrogens with zero attached hydrogens (tertiary/aromatic N) is 1. The summed E-state index contributed by atoms with van der Waals surface area (Å²) in [6, 6.07) is 1.72. The molecular weight excluding hydrogens is 328 g/mol. The van der Waals surface area contributed by atoms with Crippen LogP contribution in [-0.2, 0) is 14.8 Å². The molecule has 1 aromatic rings. The number of unbranched alkanes of at least 4 members (excludes halogenated alkanes) is 1. The van der Waals surface area contributed by atoms with E-state index in [1.807, 2.05) is 6.92 Å². The molecule has 0 aliphatic rings. The van der Waals surface area contributed by atoms with Crippen molar-refractivity contribution in [3.63, 3.8) is 0 Å². The van der Waals surface area contributed by atoms with E-state index in [0.717, 1.165) is 18.2 Å². The fourth-order valence-corrected chi connectivity index (χ4v) is 3.26. The monoisotopic (exact) mass is 346 g/mol. The molecular formula is C13H18N2O7S. The Morgan fingerprint density at radius 1 is 1.48 bits per heavy atom. The molecule has 1 atom stereocenters. The van der Waals surface area contributed by atoms with Gasteiger partial charge < -0.3 is 9.84 Å². The summed E-state index contributed by atoms with van der Waals surface area (Å²) in [5, 5.41) is 19.8. The summed E-state index contributed by atoms with van der Waals surface area (Å²) < 4.78 is 31.7. The SMILES string of the molecule is CCCCC(NS(=O)(=O)c1ccc([N+](=O)[O-])cc1OC)C(=O)O. The number of carboxylic acid groups (broad SMARTS) is 1. The normalized spacial score (nSPS) is 12.6. The Kier molecular flexibility index (Phi) is 6.46. The highest BCUT2D eigenvalue weighted by molar-refractivity contribution is 7.89. The molecule has 0 spiro atoms. The van der Waals surface area contributed by atoms with Gasteiger partial charge in [-0.2, -0.15) is 4.72 Å². The van der Waals surface area contributed by atoms with Crippen molar-refractivity contribution in [1.29, 1.82) is 0 Å². The van der Waals surface area contributed by atoms with Gasteiger partial charge in [0.15, 0.2) is 0 Å². The van der Waals surface area contributed by atoms with Crippen LogP contribution in [0.4, 0.5) is 5.69 Å². The standard InChI is InChI=1S/C13H18N2O7S/c1-3-4-5-10(13(16)17)14-23(20,21)12-7-6-9(15(18)19)8-11(12)22-2/h6-8,10,14H,3-5H2,1-2H3,(H,16,17). The van der Waals surface area contributed by atoms with E-state index in [0.29, 0.717) is 12.8 Å². The van der Waals surface area contributed by atoms with Gasteiger partial charge in [-0.05, 0) is 12.5 Å². The molecule has 0 bridgehead atoms. The number of non-ortho nitro benzene ring substituents is 1. The molecule has 0 saturated heterocycles. The van der Waals surface area contributed by atoms with Crippen LogP contribution in [0, 0.1) is 10.1 Å². The molecule has 128 valence electrons. The van der Waals surface area contributed by atoms with Crippen molar-refractivity contribution in [2.75, 3.05) is 7.11 Å². The summed E-state index contributed by atoms with van der Waals surface area (Å²) in [6.07, 6.45) is 1.39. The van der Waals surface area contributed by atoms with Crippen LogP contribution >= 0.6 is 0 Å². The van der Waals surface area contributed by atoms with Crippen LogP contribution in [0.3, 0.4) is 0 Å². The second-order valence-electron chi connectivity index (χ2n) is 4.75. The lowest BCUT2D eigenvalue weighted by atomic mass is 10.1. The number of rotatable bonds is 9. The number of hydrogen-bond acceptors (Lipinski definition) is 6. The van der Waals surface area contributed by atoms with Gasteiger partial charge in [0.25, 0.3) is 5.69 Å². The Hall–Kier alpha value is -2.20. The first-order valence-corrected chi connectivity index (χ1v) is 8.28. The van der Waals surface area contributed by atoms with Crippen molar-refractivity contribution in [3.8, 4) is 5.75 Å². The predicted molar refractivity (Wildman–Crippen MR) is 80.9 cm³/mol. The lowest BCUT2D eigenvalue weighted by molar-refractivity contribution is -0.385. The molecule has 1 rings (SSSR count). The van der Waals surface area contributed by atoms with Gasteiger partial charge in [0.05, 0.1) is 18.1 Å². The summed E-state index contributed by atoms with van der Waals surface area (Å²) in [5.74, 6) is -1.52. The maximum atomic E-state index is 12.3. The molecule has 9 nitrogen and oxygen atoms in total. The third-order valence-electron chi connectivity index (χ3n) is 3.09. The number of nitro benzene ring substituents is 1. The van der Waals surface area contributed by atoms with E-state index >= 15 is 0 Å². The van der Waals surface area contributed by atoms with Crippen molar-refractivity contribution in [3.05, 3.63) is 28.3 Å². The first-order chi connectivity index (χ1) is 10.7. The maximum Gasteiger partial charge on any atom is 0.321 e. The Balaban J connectivity index is 3.16. The quantitative estimate of drug-likeness (QED) is 0.511. The number of hydrogen-bond donors (Lipinski definition) is 2. The van der Waals surface area contributed by atoms with Gasteiger partial charge in [0.2, 0.25) is 10.0 Å². The van der Waals surface area contributed by atoms with Crippen molar-refractivity contribution in [1.82, 2.24) is 4.72 Å². The molecule has 0 aromatic heterocycles. The highest BCUT2D eigenvalue weighted by Crippen LogP contribution is 2.28. The molecule has 1 aromatic carbocycles.